The van der Waals surface area contributed by atoms with Gasteiger partial charge in [0.1, 0.15) is 17.2 Å². The van der Waals surface area contributed by atoms with Crippen molar-refractivity contribution in [3.8, 4) is 5.75 Å². The third-order valence-electron chi connectivity index (χ3n) is 4.42. The van der Waals surface area contributed by atoms with Crippen LogP contribution in [0.1, 0.15) is 28.9 Å². The fraction of sp³-hybridized carbons (Fsp3) is 0.333. The zero-order chi connectivity index (χ0) is 17.2. The molecule has 6 heteroatoms. The van der Waals surface area contributed by atoms with E-state index in [9.17, 15) is 4.79 Å². The van der Waals surface area contributed by atoms with Gasteiger partial charge >= 0.3 is 5.97 Å². The molecule has 2 aromatic rings. The van der Waals surface area contributed by atoms with Crippen LogP contribution in [0.25, 0.3) is 0 Å². The second kappa shape index (κ2) is 6.47. The summed E-state index contributed by atoms with van der Waals surface area (Å²) in [5, 5.41) is 9.04. The molecule has 2 heterocycles. The van der Waals surface area contributed by atoms with Crippen molar-refractivity contribution in [1.29, 1.82) is 0 Å². The van der Waals surface area contributed by atoms with Crippen LogP contribution < -0.4 is 9.64 Å². The van der Waals surface area contributed by atoms with Gasteiger partial charge in [-0.25, -0.2) is 14.2 Å². The van der Waals surface area contributed by atoms with Crippen LogP contribution in [0, 0.1) is 0 Å². The molecule has 1 fully saturated rings. The molecule has 0 saturated carbocycles. The van der Waals surface area contributed by atoms with Gasteiger partial charge in [-0.15, -0.1) is 0 Å². The first-order valence-electron chi connectivity index (χ1n) is 7.80. The fourth-order valence-corrected chi connectivity index (χ4v) is 3.00. The number of aromatic carboxylic acids is 1. The van der Waals surface area contributed by atoms with Gasteiger partial charge in [0.25, 0.3) is 0 Å². The van der Waals surface area contributed by atoms with Crippen molar-refractivity contribution in [1.82, 2.24) is 4.98 Å². The molecule has 3 rings (SSSR count). The summed E-state index contributed by atoms with van der Waals surface area (Å²) >= 11 is 0. The first-order chi connectivity index (χ1) is 11.5. The molecule has 0 unspecified atom stereocenters. The summed E-state index contributed by atoms with van der Waals surface area (Å²) in [5.74, 6) is 0.149. The third-order valence-corrected chi connectivity index (χ3v) is 4.42. The number of carbonyl (C=O) groups is 1. The van der Waals surface area contributed by atoms with E-state index in [1.165, 1.54) is 6.07 Å². The summed E-state index contributed by atoms with van der Waals surface area (Å²) in [5.41, 5.74) is -0.791. The van der Waals surface area contributed by atoms with E-state index >= 15 is 4.39 Å². The number of hydrogen-bond acceptors (Lipinski definition) is 4. The van der Waals surface area contributed by atoms with Crippen LogP contribution >= 0.6 is 0 Å². The highest BCUT2D eigenvalue weighted by atomic mass is 19.1. The Morgan fingerprint density at radius 2 is 1.96 bits per heavy atom. The van der Waals surface area contributed by atoms with Crippen molar-refractivity contribution in [2.75, 3.05) is 25.1 Å². The highest BCUT2D eigenvalue weighted by molar-refractivity contribution is 5.85. The number of carboxylic acid groups (broad SMARTS) is 1. The molecule has 1 aliphatic heterocycles. The second-order valence-corrected chi connectivity index (χ2v) is 5.87. The Balaban J connectivity index is 1.75. The van der Waals surface area contributed by atoms with E-state index in [0.29, 0.717) is 43.1 Å². The van der Waals surface area contributed by atoms with Crippen molar-refractivity contribution in [3.05, 3.63) is 53.7 Å². The lowest BCUT2D eigenvalue weighted by Crippen LogP contribution is -2.40. The number of rotatable bonds is 4. The van der Waals surface area contributed by atoms with Gasteiger partial charge in [-0.3, -0.25) is 0 Å². The summed E-state index contributed by atoms with van der Waals surface area (Å²) in [6.45, 7) is 0.952. The Bertz CT molecular complexity index is 743. The quantitative estimate of drug-likeness (QED) is 0.932. The summed E-state index contributed by atoms with van der Waals surface area (Å²) in [6.07, 6.45) is 0.637. The molecular weight excluding hydrogens is 311 g/mol. The minimum Gasteiger partial charge on any atom is -0.497 e. The topological polar surface area (TPSA) is 62.7 Å². The van der Waals surface area contributed by atoms with E-state index in [-0.39, 0.29) is 5.69 Å². The number of carboxylic acids is 1. The number of anilines is 1. The van der Waals surface area contributed by atoms with E-state index in [4.69, 9.17) is 9.84 Å². The molecule has 1 aliphatic rings. The summed E-state index contributed by atoms with van der Waals surface area (Å²) < 4.78 is 20.5. The van der Waals surface area contributed by atoms with Crippen LogP contribution in [0.3, 0.4) is 0 Å². The Kier molecular flexibility index (Phi) is 4.38. The Morgan fingerprint density at radius 3 is 2.62 bits per heavy atom. The molecule has 0 spiro atoms. The van der Waals surface area contributed by atoms with Crippen LogP contribution in [-0.2, 0) is 5.67 Å². The summed E-state index contributed by atoms with van der Waals surface area (Å²) in [4.78, 5) is 17.1. The normalized spacial score (nSPS) is 16.7. The van der Waals surface area contributed by atoms with Crippen LogP contribution in [0.4, 0.5) is 10.2 Å². The first-order valence-corrected chi connectivity index (χ1v) is 7.80. The highest BCUT2D eigenvalue weighted by Gasteiger charge is 2.37. The van der Waals surface area contributed by atoms with Crippen molar-refractivity contribution >= 4 is 11.8 Å². The molecule has 24 heavy (non-hydrogen) atoms. The largest absolute Gasteiger partial charge is 0.497 e. The maximum absolute atomic E-state index is 15.3. The molecule has 1 N–H and O–H groups in total. The minimum absolute atomic E-state index is 0.00243. The first kappa shape index (κ1) is 16.2. The summed E-state index contributed by atoms with van der Waals surface area (Å²) in [6, 6.07) is 12.0. The zero-order valence-corrected chi connectivity index (χ0v) is 13.4. The van der Waals surface area contributed by atoms with Crippen molar-refractivity contribution in [3.63, 3.8) is 0 Å². The van der Waals surface area contributed by atoms with Gasteiger partial charge < -0.3 is 14.7 Å². The molecule has 0 amide bonds. The standard InChI is InChI=1S/C18H19FN2O3/c1-24-14-5-2-4-13(12-14)18(19)8-10-21(11-9-18)16-7-3-6-15(20-16)17(22)23/h2-7,12H,8-11H2,1H3,(H,22,23). The smallest absolute Gasteiger partial charge is 0.354 e. The van der Waals surface area contributed by atoms with E-state index in [1.54, 1.807) is 43.5 Å². The predicted molar refractivity (Wildman–Crippen MR) is 88.4 cm³/mol. The lowest BCUT2D eigenvalue weighted by atomic mass is 9.86. The highest BCUT2D eigenvalue weighted by Crippen LogP contribution is 2.39. The molecule has 0 atom stereocenters. The third kappa shape index (κ3) is 3.18. The second-order valence-electron chi connectivity index (χ2n) is 5.87. The molecule has 1 aromatic heterocycles. The number of alkyl halides is 1. The number of methoxy groups -OCH3 is 1. The van der Waals surface area contributed by atoms with Crippen molar-refractivity contribution in [2.45, 2.75) is 18.5 Å². The number of halogens is 1. The molecule has 0 radical (unpaired) electrons. The number of nitrogens with zero attached hydrogens (tertiary/aromatic N) is 2. The number of hydrogen-bond donors (Lipinski definition) is 1. The SMILES string of the molecule is COc1cccc(C2(F)CCN(c3cccc(C(=O)O)n3)CC2)c1. The Labute approximate surface area is 139 Å². The summed E-state index contributed by atoms with van der Waals surface area (Å²) in [7, 11) is 1.56. The fourth-order valence-electron chi connectivity index (χ4n) is 3.00. The maximum Gasteiger partial charge on any atom is 0.354 e. The predicted octanol–water partition coefficient (Wildman–Crippen LogP) is 3.25. The number of piperidine rings is 1. The van der Waals surface area contributed by atoms with Crippen LogP contribution in [0.5, 0.6) is 5.75 Å². The van der Waals surface area contributed by atoms with Gasteiger partial charge in [0.15, 0.2) is 5.69 Å². The molecule has 0 aliphatic carbocycles. The van der Waals surface area contributed by atoms with Gasteiger partial charge in [-0.05, 0) is 29.8 Å². The van der Waals surface area contributed by atoms with Crippen molar-refractivity contribution in [2.24, 2.45) is 0 Å². The monoisotopic (exact) mass is 330 g/mol. The van der Waals surface area contributed by atoms with E-state index in [1.807, 2.05) is 4.90 Å². The molecule has 0 bridgehead atoms. The van der Waals surface area contributed by atoms with Gasteiger partial charge in [0, 0.05) is 25.9 Å². The van der Waals surface area contributed by atoms with Crippen LogP contribution in [0.15, 0.2) is 42.5 Å². The molecular formula is C18H19FN2O3. The maximum atomic E-state index is 15.3. The van der Waals surface area contributed by atoms with Gasteiger partial charge in [-0.1, -0.05) is 18.2 Å². The average molecular weight is 330 g/mol. The van der Waals surface area contributed by atoms with Crippen molar-refractivity contribution < 1.29 is 19.0 Å². The number of benzene rings is 1. The Morgan fingerprint density at radius 1 is 1.25 bits per heavy atom. The van der Waals surface area contributed by atoms with Crippen LogP contribution in [0.2, 0.25) is 0 Å². The van der Waals surface area contributed by atoms with Gasteiger partial charge in [0.2, 0.25) is 0 Å². The lowest BCUT2D eigenvalue weighted by molar-refractivity contribution is 0.0690. The molecule has 1 aromatic carbocycles. The van der Waals surface area contributed by atoms with E-state index in [0.717, 1.165) is 0 Å². The lowest BCUT2D eigenvalue weighted by Gasteiger charge is -2.37. The molecule has 1 saturated heterocycles. The van der Waals surface area contributed by atoms with E-state index < -0.39 is 11.6 Å². The molecule has 126 valence electrons. The number of pyridine rings is 1. The minimum atomic E-state index is -1.41. The Hall–Kier alpha value is -2.63. The number of aromatic nitrogens is 1. The average Bonchev–Trinajstić information content (AvgIpc) is 2.62. The molecule has 5 nitrogen and oxygen atoms in total. The van der Waals surface area contributed by atoms with E-state index in [2.05, 4.69) is 4.98 Å². The van der Waals surface area contributed by atoms with Gasteiger partial charge in [0.05, 0.1) is 7.11 Å². The van der Waals surface area contributed by atoms with Crippen LogP contribution in [-0.4, -0.2) is 36.3 Å². The number of ether oxygens (including phenoxy) is 1. The van der Waals surface area contributed by atoms with Gasteiger partial charge in [-0.2, -0.15) is 0 Å². The zero-order valence-electron chi connectivity index (χ0n) is 13.4.